The number of amides is 3. The summed E-state index contributed by atoms with van der Waals surface area (Å²) in [4.78, 5) is 41.7. The predicted octanol–water partition coefficient (Wildman–Crippen LogP) is 5.97. The van der Waals surface area contributed by atoms with Crippen LogP contribution in [0.2, 0.25) is 0 Å². The van der Waals surface area contributed by atoms with Crippen molar-refractivity contribution in [2.24, 2.45) is 0 Å². The van der Waals surface area contributed by atoms with Crippen LogP contribution in [0.25, 0.3) is 0 Å². The Morgan fingerprint density at radius 2 is 1.55 bits per heavy atom. The lowest BCUT2D eigenvalue weighted by atomic mass is 10.1. The van der Waals surface area contributed by atoms with Gasteiger partial charge in [0.2, 0.25) is 11.8 Å². The van der Waals surface area contributed by atoms with Crippen LogP contribution in [-0.2, 0) is 14.3 Å². The van der Waals surface area contributed by atoms with Crippen molar-refractivity contribution in [2.75, 3.05) is 33.7 Å². The zero-order valence-corrected chi connectivity index (χ0v) is 26.3. The van der Waals surface area contributed by atoms with Crippen LogP contribution in [0.1, 0.15) is 111 Å². The molecule has 0 bridgehead atoms. The van der Waals surface area contributed by atoms with E-state index in [2.05, 4.69) is 41.9 Å². The minimum absolute atomic E-state index is 0.0199. The minimum Gasteiger partial charge on any atom is -0.444 e. The van der Waals surface area contributed by atoms with Gasteiger partial charge in [-0.3, -0.25) is 14.5 Å². The zero-order chi connectivity index (χ0) is 29.8. The van der Waals surface area contributed by atoms with Gasteiger partial charge in [-0.25, -0.2) is 4.79 Å². The van der Waals surface area contributed by atoms with E-state index in [-0.39, 0.29) is 24.4 Å². The first-order valence-electron chi connectivity index (χ1n) is 15.5. The van der Waals surface area contributed by atoms with E-state index in [9.17, 15) is 14.4 Å². The first kappa shape index (κ1) is 35.7. The van der Waals surface area contributed by atoms with Crippen LogP contribution >= 0.6 is 0 Å². The van der Waals surface area contributed by atoms with Gasteiger partial charge in [-0.05, 0) is 79.8 Å². The van der Waals surface area contributed by atoms with Gasteiger partial charge >= 0.3 is 6.09 Å². The molecular formula is C32H58N4O4. The van der Waals surface area contributed by atoms with Crippen LogP contribution in [0, 0.1) is 0 Å². The average molecular weight is 563 g/mol. The molecule has 0 spiro atoms. The summed E-state index contributed by atoms with van der Waals surface area (Å²) >= 11 is 0. The summed E-state index contributed by atoms with van der Waals surface area (Å²) in [6.45, 7) is 9.12. The van der Waals surface area contributed by atoms with Crippen molar-refractivity contribution in [3.63, 3.8) is 0 Å². The predicted molar refractivity (Wildman–Crippen MR) is 164 cm³/mol. The number of hydrogen-bond donors (Lipinski definition) is 2. The third-order valence-corrected chi connectivity index (χ3v) is 6.81. The molecule has 1 fully saturated rings. The molecule has 0 unspecified atom stereocenters. The molecule has 1 heterocycles. The molecule has 2 N–H and O–H groups in total. The topological polar surface area (TPSA) is 91.0 Å². The monoisotopic (exact) mass is 562 g/mol. The van der Waals surface area contributed by atoms with Crippen LogP contribution in [0.4, 0.5) is 4.79 Å². The van der Waals surface area contributed by atoms with Crippen LogP contribution in [-0.4, -0.2) is 79.1 Å². The van der Waals surface area contributed by atoms with Gasteiger partial charge < -0.3 is 20.3 Å². The lowest BCUT2D eigenvalue weighted by Crippen LogP contribution is -2.48. The SMILES string of the molecule is CCCCCC=CCC=CCCCCCCCC(=O)N[C@H]1C[C@@H](C(=O)NCCN(C)C)N(C(=O)OC(C)(C)C)C1. The highest BCUT2D eigenvalue weighted by atomic mass is 16.6. The molecule has 0 saturated carbocycles. The molecule has 0 radical (unpaired) electrons. The largest absolute Gasteiger partial charge is 0.444 e. The fraction of sp³-hybridized carbons (Fsp3) is 0.781. The van der Waals surface area contributed by atoms with E-state index < -0.39 is 17.7 Å². The molecule has 8 heteroatoms. The van der Waals surface area contributed by atoms with Gasteiger partial charge in [0.25, 0.3) is 0 Å². The van der Waals surface area contributed by atoms with Gasteiger partial charge in [0, 0.05) is 32.1 Å². The van der Waals surface area contributed by atoms with Crippen molar-refractivity contribution in [3.05, 3.63) is 24.3 Å². The Kier molecular flexibility index (Phi) is 18.3. The van der Waals surface area contributed by atoms with Crippen molar-refractivity contribution in [2.45, 2.75) is 129 Å². The van der Waals surface area contributed by atoms with E-state index in [0.717, 1.165) is 32.1 Å². The fourth-order valence-electron chi connectivity index (χ4n) is 4.63. The summed E-state index contributed by atoms with van der Waals surface area (Å²) < 4.78 is 5.54. The Morgan fingerprint density at radius 1 is 0.925 bits per heavy atom. The summed E-state index contributed by atoms with van der Waals surface area (Å²) in [6.07, 6.45) is 22.0. The van der Waals surface area contributed by atoms with Crippen molar-refractivity contribution in [3.8, 4) is 0 Å². The lowest BCUT2D eigenvalue weighted by molar-refractivity contribution is -0.125. The maximum atomic E-state index is 12.9. The lowest BCUT2D eigenvalue weighted by Gasteiger charge is -2.28. The molecule has 0 aromatic rings. The van der Waals surface area contributed by atoms with Gasteiger partial charge in [0.15, 0.2) is 0 Å². The summed E-state index contributed by atoms with van der Waals surface area (Å²) in [5.74, 6) is -0.230. The van der Waals surface area contributed by atoms with Gasteiger partial charge in [0.1, 0.15) is 11.6 Å². The van der Waals surface area contributed by atoms with E-state index in [1.807, 2.05) is 19.0 Å². The Labute approximate surface area is 244 Å². The number of ether oxygens (including phenoxy) is 1. The highest BCUT2D eigenvalue weighted by Gasteiger charge is 2.41. The molecule has 1 saturated heterocycles. The Hall–Kier alpha value is -2.35. The maximum Gasteiger partial charge on any atom is 0.411 e. The third kappa shape index (κ3) is 17.4. The number of unbranched alkanes of at least 4 members (excludes halogenated alkanes) is 8. The smallest absolute Gasteiger partial charge is 0.411 e. The van der Waals surface area contributed by atoms with Crippen LogP contribution in [0.15, 0.2) is 24.3 Å². The fourth-order valence-corrected chi connectivity index (χ4v) is 4.63. The van der Waals surface area contributed by atoms with Crippen molar-refractivity contribution >= 4 is 17.9 Å². The van der Waals surface area contributed by atoms with Crippen LogP contribution in [0.3, 0.4) is 0 Å². The molecule has 1 aliphatic rings. The summed E-state index contributed by atoms with van der Waals surface area (Å²) in [5, 5.41) is 5.96. The molecule has 230 valence electrons. The molecular weight excluding hydrogens is 504 g/mol. The van der Waals surface area contributed by atoms with E-state index in [4.69, 9.17) is 4.74 Å². The molecule has 0 aromatic carbocycles. The number of nitrogens with zero attached hydrogens (tertiary/aromatic N) is 2. The average Bonchev–Trinajstić information content (AvgIpc) is 3.29. The number of rotatable bonds is 19. The molecule has 1 rings (SSSR count). The number of carbonyl (C=O) groups is 3. The Balaban J connectivity index is 2.31. The van der Waals surface area contributed by atoms with Crippen LogP contribution in [0.5, 0.6) is 0 Å². The molecule has 8 nitrogen and oxygen atoms in total. The summed E-state index contributed by atoms with van der Waals surface area (Å²) in [6, 6.07) is -0.916. The van der Waals surface area contributed by atoms with Gasteiger partial charge in [-0.1, -0.05) is 63.3 Å². The number of hydrogen-bond acceptors (Lipinski definition) is 5. The molecule has 0 aromatic heterocycles. The van der Waals surface area contributed by atoms with Gasteiger partial charge in [-0.2, -0.15) is 0 Å². The molecule has 2 atom stereocenters. The molecule has 40 heavy (non-hydrogen) atoms. The quantitative estimate of drug-likeness (QED) is 0.149. The van der Waals surface area contributed by atoms with Crippen LogP contribution < -0.4 is 10.6 Å². The number of allylic oxidation sites excluding steroid dienone is 4. The van der Waals surface area contributed by atoms with E-state index in [1.165, 1.54) is 43.4 Å². The number of likely N-dealkylation sites (N-methyl/N-ethyl adjacent to an activating group) is 1. The summed E-state index contributed by atoms with van der Waals surface area (Å²) in [5.41, 5.74) is -0.661. The standard InChI is InChI=1S/C32H58N4O4/c1-7-8-9-10-11-12-13-14-15-16-17-18-19-20-21-22-29(37)34-27-25-28(30(38)33-23-24-35(5)6)36(26-27)31(39)40-32(2,3)4/h11-12,14-15,27-28H,7-10,13,16-26H2,1-6H3,(H,33,38)(H,34,37)/t27-,28-/m0/s1. The number of likely N-dealkylation sites (tertiary alicyclic amines) is 1. The molecule has 0 aliphatic carbocycles. The highest BCUT2D eigenvalue weighted by Crippen LogP contribution is 2.22. The molecule has 1 aliphatic heterocycles. The first-order valence-corrected chi connectivity index (χ1v) is 15.5. The molecule has 3 amide bonds. The van der Waals surface area contributed by atoms with Gasteiger partial charge in [0.05, 0.1) is 0 Å². The highest BCUT2D eigenvalue weighted by molar-refractivity contribution is 5.87. The minimum atomic E-state index is -0.661. The zero-order valence-electron chi connectivity index (χ0n) is 26.3. The van der Waals surface area contributed by atoms with E-state index in [0.29, 0.717) is 25.9 Å². The normalized spacial score (nSPS) is 17.7. The second-order valence-electron chi connectivity index (χ2n) is 12.2. The van der Waals surface area contributed by atoms with Gasteiger partial charge in [-0.15, -0.1) is 0 Å². The Bertz CT molecular complexity index is 788. The first-order chi connectivity index (χ1) is 19.0. The second kappa shape index (κ2) is 20.5. The van der Waals surface area contributed by atoms with E-state index in [1.54, 1.807) is 20.8 Å². The number of nitrogens with one attached hydrogen (secondary N) is 2. The van der Waals surface area contributed by atoms with Crippen molar-refractivity contribution in [1.29, 1.82) is 0 Å². The summed E-state index contributed by atoms with van der Waals surface area (Å²) in [7, 11) is 3.88. The van der Waals surface area contributed by atoms with Crippen molar-refractivity contribution < 1.29 is 19.1 Å². The number of carbonyl (C=O) groups excluding carboxylic acids is 3. The second-order valence-corrected chi connectivity index (χ2v) is 12.2. The maximum absolute atomic E-state index is 12.9. The van der Waals surface area contributed by atoms with E-state index >= 15 is 0 Å². The third-order valence-electron chi connectivity index (χ3n) is 6.81. The van der Waals surface area contributed by atoms with Crippen molar-refractivity contribution in [1.82, 2.24) is 20.4 Å². The Morgan fingerprint density at radius 3 is 2.17 bits per heavy atom.